The van der Waals surface area contributed by atoms with E-state index < -0.39 is 0 Å². The van der Waals surface area contributed by atoms with Crippen molar-refractivity contribution in [3.63, 3.8) is 0 Å². The van der Waals surface area contributed by atoms with E-state index in [-0.39, 0.29) is 0 Å². The molecule has 0 aromatic heterocycles. The first-order chi connectivity index (χ1) is 9.10. The highest BCUT2D eigenvalue weighted by atomic mass is 127. The second kappa shape index (κ2) is 6.86. The highest BCUT2D eigenvalue weighted by Crippen LogP contribution is 2.27. The van der Waals surface area contributed by atoms with Crippen molar-refractivity contribution in [3.05, 3.63) is 67.2 Å². The fourth-order valence-electron chi connectivity index (χ4n) is 2.14. The van der Waals surface area contributed by atoms with Crippen LogP contribution in [0.3, 0.4) is 0 Å². The van der Waals surface area contributed by atoms with E-state index >= 15 is 0 Å². The van der Waals surface area contributed by atoms with Crippen LogP contribution < -0.4 is 5.32 Å². The molecule has 0 amide bonds. The molecule has 0 spiro atoms. The molecule has 3 heteroatoms. The molecule has 2 aromatic carbocycles. The molecular weight excluding hydrogens is 413 g/mol. The fraction of sp³-hybridized carbons (Fsp3) is 0.250. The Kier molecular flexibility index (Phi) is 5.42. The molecule has 1 unspecified atom stereocenters. The third-order valence-corrected chi connectivity index (χ3v) is 4.64. The van der Waals surface area contributed by atoms with Gasteiger partial charge in [-0.05, 0) is 77.9 Å². The van der Waals surface area contributed by atoms with Crippen LogP contribution in [-0.4, -0.2) is 7.05 Å². The number of rotatable bonds is 4. The Labute approximate surface area is 137 Å². The molecule has 0 aliphatic carbocycles. The van der Waals surface area contributed by atoms with Crippen LogP contribution in [0.1, 0.15) is 22.7 Å². The minimum atomic E-state index is 0.329. The van der Waals surface area contributed by atoms with Crippen molar-refractivity contribution >= 4 is 38.5 Å². The SMILES string of the molecule is CNC(Cc1ccc(I)cc1)c1ccc(C)cc1Br. The van der Waals surface area contributed by atoms with Gasteiger partial charge in [-0.1, -0.05) is 40.2 Å². The quantitative estimate of drug-likeness (QED) is 0.684. The third kappa shape index (κ3) is 4.04. The van der Waals surface area contributed by atoms with E-state index in [1.807, 2.05) is 7.05 Å². The summed E-state index contributed by atoms with van der Waals surface area (Å²) in [6.45, 7) is 2.11. The van der Waals surface area contributed by atoms with Crippen LogP contribution in [0.5, 0.6) is 0 Å². The molecular formula is C16H17BrIN. The summed E-state index contributed by atoms with van der Waals surface area (Å²) in [5, 5.41) is 3.41. The standard InChI is InChI=1S/C16H17BrIN/c1-11-3-8-14(15(17)9-11)16(19-2)10-12-4-6-13(18)7-5-12/h3-9,16,19H,10H2,1-2H3. The van der Waals surface area contributed by atoms with Crippen LogP contribution in [0, 0.1) is 10.5 Å². The number of aryl methyl sites for hydroxylation is 1. The second-order valence-electron chi connectivity index (χ2n) is 4.70. The summed E-state index contributed by atoms with van der Waals surface area (Å²) in [5.41, 5.74) is 3.94. The van der Waals surface area contributed by atoms with Crippen molar-refractivity contribution < 1.29 is 0 Å². The maximum Gasteiger partial charge on any atom is 0.0369 e. The van der Waals surface area contributed by atoms with E-state index in [1.165, 1.54) is 24.7 Å². The van der Waals surface area contributed by atoms with Gasteiger partial charge in [0.2, 0.25) is 0 Å². The molecule has 1 N–H and O–H groups in total. The fourth-order valence-corrected chi connectivity index (χ4v) is 3.27. The lowest BCUT2D eigenvalue weighted by Crippen LogP contribution is -2.19. The second-order valence-corrected chi connectivity index (χ2v) is 6.80. The molecule has 1 atom stereocenters. The van der Waals surface area contributed by atoms with E-state index in [1.54, 1.807) is 0 Å². The molecule has 0 bridgehead atoms. The monoisotopic (exact) mass is 429 g/mol. The third-order valence-electron chi connectivity index (χ3n) is 3.23. The number of hydrogen-bond donors (Lipinski definition) is 1. The van der Waals surface area contributed by atoms with Crippen LogP contribution >= 0.6 is 38.5 Å². The molecule has 0 fully saturated rings. The Bertz CT molecular complexity index is 551. The minimum absolute atomic E-state index is 0.329. The average Bonchev–Trinajstić information content (AvgIpc) is 2.39. The number of hydrogen-bond acceptors (Lipinski definition) is 1. The lowest BCUT2D eigenvalue weighted by atomic mass is 9.98. The van der Waals surface area contributed by atoms with Crippen LogP contribution in [0.2, 0.25) is 0 Å². The maximum atomic E-state index is 3.67. The van der Waals surface area contributed by atoms with Crippen molar-refractivity contribution in [1.82, 2.24) is 5.32 Å². The van der Waals surface area contributed by atoms with E-state index in [9.17, 15) is 0 Å². The van der Waals surface area contributed by atoms with Crippen LogP contribution in [-0.2, 0) is 6.42 Å². The molecule has 1 nitrogen and oxygen atoms in total. The van der Waals surface area contributed by atoms with Crippen molar-refractivity contribution in [1.29, 1.82) is 0 Å². The van der Waals surface area contributed by atoms with Gasteiger partial charge in [0, 0.05) is 14.1 Å². The largest absolute Gasteiger partial charge is 0.313 e. The predicted octanol–water partition coefficient (Wildman–Crippen LogP) is 4.87. The summed E-state index contributed by atoms with van der Waals surface area (Å²) in [6.07, 6.45) is 0.995. The molecule has 2 aromatic rings. The van der Waals surface area contributed by atoms with E-state index in [2.05, 4.69) is 93.2 Å². The molecule has 19 heavy (non-hydrogen) atoms. The molecule has 0 saturated heterocycles. The number of nitrogens with one attached hydrogen (secondary N) is 1. The van der Waals surface area contributed by atoms with Crippen molar-refractivity contribution in [3.8, 4) is 0 Å². The summed E-state index contributed by atoms with van der Waals surface area (Å²) in [5.74, 6) is 0. The summed E-state index contributed by atoms with van der Waals surface area (Å²) >= 11 is 6.01. The first-order valence-corrected chi connectivity index (χ1v) is 8.15. The molecule has 2 rings (SSSR count). The Morgan fingerprint density at radius 1 is 1.16 bits per heavy atom. The van der Waals surface area contributed by atoms with Gasteiger partial charge in [0.25, 0.3) is 0 Å². The van der Waals surface area contributed by atoms with Crippen LogP contribution in [0.25, 0.3) is 0 Å². The van der Waals surface area contributed by atoms with Gasteiger partial charge in [-0.3, -0.25) is 0 Å². The first kappa shape index (κ1) is 15.0. The Morgan fingerprint density at radius 2 is 1.84 bits per heavy atom. The lowest BCUT2D eigenvalue weighted by Gasteiger charge is -2.19. The minimum Gasteiger partial charge on any atom is -0.313 e. The number of likely N-dealkylation sites (N-methyl/N-ethyl adjacent to an activating group) is 1. The molecule has 0 heterocycles. The smallest absolute Gasteiger partial charge is 0.0369 e. The topological polar surface area (TPSA) is 12.0 Å². The van der Waals surface area contributed by atoms with Crippen molar-refractivity contribution in [2.24, 2.45) is 0 Å². The summed E-state index contributed by atoms with van der Waals surface area (Å²) in [4.78, 5) is 0. The zero-order valence-corrected chi connectivity index (χ0v) is 14.8. The van der Waals surface area contributed by atoms with Gasteiger partial charge in [0.15, 0.2) is 0 Å². The van der Waals surface area contributed by atoms with Gasteiger partial charge in [-0.25, -0.2) is 0 Å². The van der Waals surface area contributed by atoms with Crippen molar-refractivity contribution in [2.45, 2.75) is 19.4 Å². The zero-order valence-electron chi connectivity index (χ0n) is 11.1. The first-order valence-electron chi connectivity index (χ1n) is 6.28. The summed E-state index contributed by atoms with van der Waals surface area (Å²) in [6, 6.07) is 15.6. The summed E-state index contributed by atoms with van der Waals surface area (Å²) in [7, 11) is 2.02. The van der Waals surface area contributed by atoms with Gasteiger partial charge < -0.3 is 5.32 Å². The Morgan fingerprint density at radius 3 is 2.42 bits per heavy atom. The molecule has 0 aliphatic rings. The van der Waals surface area contributed by atoms with Gasteiger partial charge in [0.05, 0.1) is 0 Å². The van der Waals surface area contributed by atoms with Gasteiger partial charge >= 0.3 is 0 Å². The molecule has 100 valence electrons. The van der Waals surface area contributed by atoms with Gasteiger partial charge in [-0.15, -0.1) is 0 Å². The van der Waals surface area contributed by atoms with Crippen LogP contribution in [0.4, 0.5) is 0 Å². The maximum absolute atomic E-state index is 3.67. The predicted molar refractivity (Wildman–Crippen MR) is 93.5 cm³/mol. The van der Waals surface area contributed by atoms with Gasteiger partial charge in [0.1, 0.15) is 0 Å². The number of benzene rings is 2. The Balaban J connectivity index is 2.22. The lowest BCUT2D eigenvalue weighted by molar-refractivity contribution is 0.589. The number of halogens is 2. The normalized spacial score (nSPS) is 12.4. The zero-order chi connectivity index (χ0) is 13.8. The molecule has 0 radical (unpaired) electrons. The van der Waals surface area contributed by atoms with E-state index in [0.717, 1.165) is 6.42 Å². The van der Waals surface area contributed by atoms with Gasteiger partial charge in [-0.2, -0.15) is 0 Å². The van der Waals surface area contributed by atoms with Crippen LogP contribution in [0.15, 0.2) is 46.9 Å². The van der Waals surface area contributed by atoms with Crippen molar-refractivity contribution in [2.75, 3.05) is 7.05 Å². The molecule has 0 aliphatic heterocycles. The average molecular weight is 430 g/mol. The summed E-state index contributed by atoms with van der Waals surface area (Å²) < 4.78 is 2.45. The van der Waals surface area contributed by atoms with E-state index in [0.29, 0.717) is 6.04 Å². The van der Waals surface area contributed by atoms with E-state index in [4.69, 9.17) is 0 Å². The highest BCUT2D eigenvalue weighted by Gasteiger charge is 2.13. The highest BCUT2D eigenvalue weighted by molar-refractivity contribution is 14.1. The molecule has 0 saturated carbocycles. The Hall–Kier alpha value is -0.390.